The van der Waals surface area contributed by atoms with Gasteiger partial charge in [-0.1, -0.05) is 32.0 Å². The number of rotatable bonds is 6. The predicted octanol–water partition coefficient (Wildman–Crippen LogP) is 3.15. The highest BCUT2D eigenvalue weighted by molar-refractivity contribution is 5.33. The fraction of sp³-hybridized carbons (Fsp3) is 0.667. The van der Waals surface area contributed by atoms with E-state index in [1.54, 1.807) is 7.11 Å². The SMILES string of the molecule is CNC1C(CN(C)Cc2ccccc2OC)CCC1(C)C. The third-order valence-corrected chi connectivity index (χ3v) is 4.96. The van der Waals surface area contributed by atoms with Crippen LogP contribution >= 0.6 is 0 Å². The minimum atomic E-state index is 0.407. The molecule has 1 aromatic carbocycles. The maximum atomic E-state index is 5.45. The van der Waals surface area contributed by atoms with Crippen molar-refractivity contribution in [2.45, 2.75) is 39.3 Å². The van der Waals surface area contributed by atoms with E-state index in [0.29, 0.717) is 11.5 Å². The monoisotopic (exact) mass is 290 g/mol. The molecule has 0 bridgehead atoms. The molecule has 0 aromatic heterocycles. The van der Waals surface area contributed by atoms with Gasteiger partial charge >= 0.3 is 0 Å². The Balaban J connectivity index is 1.97. The normalized spacial score (nSPS) is 24.5. The lowest BCUT2D eigenvalue weighted by Gasteiger charge is -2.32. The molecule has 1 aromatic rings. The zero-order chi connectivity index (χ0) is 15.5. The first-order valence-corrected chi connectivity index (χ1v) is 7.95. The zero-order valence-electron chi connectivity index (χ0n) is 14.1. The number of ether oxygens (including phenoxy) is 1. The second-order valence-corrected chi connectivity index (χ2v) is 7.06. The molecule has 0 aliphatic heterocycles. The van der Waals surface area contributed by atoms with Gasteiger partial charge in [0.15, 0.2) is 0 Å². The highest BCUT2D eigenvalue weighted by atomic mass is 16.5. The van der Waals surface area contributed by atoms with Crippen molar-refractivity contribution in [2.24, 2.45) is 11.3 Å². The van der Waals surface area contributed by atoms with Gasteiger partial charge in [0, 0.05) is 24.7 Å². The smallest absolute Gasteiger partial charge is 0.123 e. The van der Waals surface area contributed by atoms with Crippen molar-refractivity contribution in [1.82, 2.24) is 10.2 Å². The summed E-state index contributed by atoms with van der Waals surface area (Å²) in [5.74, 6) is 1.71. The summed E-state index contributed by atoms with van der Waals surface area (Å²) < 4.78 is 5.45. The quantitative estimate of drug-likeness (QED) is 0.871. The van der Waals surface area contributed by atoms with E-state index in [-0.39, 0.29) is 0 Å². The van der Waals surface area contributed by atoms with Crippen molar-refractivity contribution in [1.29, 1.82) is 0 Å². The Morgan fingerprint density at radius 1 is 1.33 bits per heavy atom. The Hall–Kier alpha value is -1.06. The molecule has 0 radical (unpaired) electrons. The number of benzene rings is 1. The van der Waals surface area contributed by atoms with Crippen molar-refractivity contribution in [3.63, 3.8) is 0 Å². The molecule has 2 rings (SSSR count). The van der Waals surface area contributed by atoms with Crippen LogP contribution in [0.4, 0.5) is 0 Å². The standard InChI is InChI=1S/C18H30N2O/c1-18(2)11-10-15(17(18)19-3)13-20(4)12-14-8-6-7-9-16(14)21-5/h6-9,15,17,19H,10-13H2,1-5H3. The van der Waals surface area contributed by atoms with Crippen LogP contribution in [0.25, 0.3) is 0 Å². The van der Waals surface area contributed by atoms with Crippen molar-refractivity contribution in [2.75, 3.05) is 27.7 Å². The van der Waals surface area contributed by atoms with Gasteiger partial charge < -0.3 is 15.0 Å². The summed E-state index contributed by atoms with van der Waals surface area (Å²) in [7, 11) is 6.06. The van der Waals surface area contributed by atoms with E-state index in [0.717, 1.165) is 24.8 Å². The molecule has 1 fully saturated rings. The fourth-order valence-electron chi connectivity index (χ4n) is 3.93. The molecule has 3 heteroatoms. The first kappa shape index (κ1) is 16.3. The first-order valence-electron chi connectivity index (χ1n) is 7.95. The average Bonchev–Trinajstić information content (AvgIpc) is 2.73. The van der Waals surface area contributed by atoms with E-state index in [4.69, 9.17) is 4.74 Å². The Morgan fingerprint density at radius 2 is 2.05 bits per heavy atom. The van der Waals surface area contributed by atoms with Gasteiger partial charge in [-0.25, -0.2) is 0 Å². The lowest BCUT2D eigenvalue weighted by atomic mass is 9.85. The zero-order valence-corrected chi connectivity index (χ0v) is 14.1. The van der Waals surface area contributed by atoms with E-state index in [9.17, 15) is 0 Å². The van der Waals surface area contributed by atoms with E-state index in [1.807, 2.05) is 12.1 Å². The molecule has 0 amide bonds. The highest BCUT2D eigenvalue weighted by Crippen LogP contribution is 2.41. The Morgan fingerprint density at radius 3 is 2.71 bits per heavy atom. The van der Waals surface area contributed by atoms with Crippen molar-refractivity contribution in [3.8, 4) is 5.75 Å². The molecule has 2 unspecified atom stereocenters. The molecule has 2 atom stereocenters. The number of nitrogens with one attached hydrogen (secondary N) is 1. The Labute approximate surface area is 129 Å². The molecular formula is C18H30N2O. The molecule has 1 aliphatic rings. The van der Waals surface area contributed by atoms with Gasteiger partial charge in [-0.05, 0) is 44.3 Å². The van der Waals surface area contributed by atoms with E-state index >= 15 is 0 Å². The van der Waals surface area contributed by atoms with Gasteiger partial charge in [0.1, 0.15) is 5.75 Å². The summed E-state index contributed by atoms with van der Waals surface area (Å²) >= 11 is 0. The summed E-state index contributed by atoms with van der Waals surface area (Å²) in [5, 5.41) is 3.54. The van der Waals surface area contributed by atoms with Gasteiger partial charge in [0.05, 0.1) is 7.11 Å². The number of methoxy groups -OCH3 is 1. The van der Waals surface area contributed by atoms with Crippen LogP contribution in [0.3, 0.4) is 0 Å². The number of nitrogens with zero attached hydrogens (tertiary/aromatic N) is 1. The molecule has 0 saturated heterocycles. The lowest BCUT2D eigenvalue weighted by Crippen LogP contribution is -2.43. The van der Waals surface area contributed by atoms with Gasteiger partial charge in [0.25, 0.3) is 0 Å². The van der Waals surface area contributed by atoms with E-state index < -0.39 is 0 Å². The van der Waals surface area contributed by atoms with Crippen LogP contribution in [-0.4, -0.2) is 38.7 Å². The second-order valence-electron chi connectivity index (χ2n) is 7.06. The molecule has 3 nitrogen and oxygen atoms in total. The van der Waals surface area contributed by atoms with Crippen LogP contribution in [0, 0.1) is 11.3 Å². The van der Waals surface area contributed by atoms with Crippen LogP contribution in [0.5, 0.6) is 5.75 Å². The minimum Gasteiger partial charge on any atom is -0.496 e. The topological polar surface area (TPSA) is 24.5 Å². The van der Waals surface area contributed by atoms with Gasteiger partial charge in [0.2, 0.25) is 0 Å². The molecule has 0 spiro atoms. The van der Waals surface area contributed by atoms with Gasteiger partial charge in [-0.2, -0.15) is 0 Å². The summed E-state index contributed by atoms with van der Waals surface area (Å²) in [5.41, 5.74) is 1.67. The van der Waals surface area contributed by atoms with Crippen LogP contribution in [0.15, 0.2) is 24.3 Å². The van der Waals surface area contributed by atoms with Crippen LogP contribution in [0.1, 0.15) is 32.3 Å². The highest BCUT2D eigenvalue weighted by Gasteiger charge is 2.40. The maximum Gasteiger partial charge on any atom is 0.123 e. The second kappa shape index (κ2) is 6.80. The van der Waals surface area contributed by atoms with Crippen LogP contribution in [0.2, 0.25) is 0 Å². The number of hydrogen-bond donors (Lipinski definition) is 1. The third-order valence-electron chi connectivity index (χ3n) is 4.96. The Kier molecular flexibility index (Phi) is 5.28. The summed E-state index contributed by atoms with van der Waals surface area (Å²) in [6.07, 6.45) is 2.63. The number of para-hydroxylation sites is 1. The third kappa shape index (κ3) is 3.78. The molecule has 1 N–H and O–H groups in total. The molecule has 118 valence electrons. The average molecular weight is 290 g/mol. The molecule has 1 saturated carbocycles. The number of hydrogen-bond acceptors (Lipinski definition) is 3. The summed E-state index contributed by atoms with van der Waals surface area (Å²) in [4.78, 5) is 2.42. The largest absolute Gasteiger partial charge is 0.496 e. The van der Waals surface area contributed by atoms with Crippen LogP contribution < -0.4 is 10.1 Å². The van der Waals surface area contributed by atoms with Crippen molar-refractivity contribution >= 4 is 0 Å². The molecule has 0 heterocycles. The fourth-order valence-corrected chi connectivity index (χ4v) is 3.93. The van der Waals surface area contributed by atoms with Crippen molar-refractivity contribution in [3.05, 3.63) is 29.8 Å². The van der Waals surface area contributed by atoms with E-state index in [1.165, 1.54) is 18.4 Å². The lowest BCUT2D eigenvalue weighted by molar-refractivity contribution is 0.206. The van der Waals surface area contributed by atoms with Gasteiger partial charge in [-0.3, -0.25) is 0 Å². The van der Waals surface area contributed by atoms with E-state index in [2.05, 4.69) is 50.3 Å². The molecule has 21 heavy (non-hydrogen) atoms. The first-order chi connectivity index (χ1) is 9.97. The van der Waals surface area contributed by atoms with Crippen LogP contribution in [-0.2, 0) is 6.54 Å². The Bertz CT molecular complexity index is 458. The molecular weight excluding hydrogens is 260 g/mol. The minimum absolute atomic E-state index is 0.407. The predicted molar refractivity (Wildman–Crippen MR) is 88.7 cm³/mol. The van der Waals surface area contributed by atoms with Gasteiger partial charge in [-0.15, -0.1) is 0 Å². The molecule has 1 aliphatic carbocycles. The summed E-state index contributed by atoms with van der Waals surface area (Å²) in [6.45, 7) is 6.84. The summed E-state index contributed by atoms with van der Waals surface area (Å²) in [6, 6.07) is 8.92. The maximum absolute atomic E-state index is 5.45. The van der Waals surface area contributed by atoms with Crippen molar-refractivity contribution < 1.29 is 4.74 Å².